The van der Waals surface area contributed by atoms with Crippen LogP contribution >= 0.6 is 11.6 Å². The van der Waals surface area contributed by atoms with Gasteiger partial charge in [0.25, 0.3) is 5.91 Å². The molecule has 120 valence electrons. The maximum atomic E-state index is 12.2. The van der Waals surface area contributed by atoms with E-state index in [9.17, 15) is 14.7 Å². The monoisotopic (exact) mass is 340 g/mol. The predicted octanol–water partition coefficient (Wildman–Crippen LogP) is 3.44. The average Bonchev–Trinajstić information content (AvgIpc) is 3.10. The zero-order valence-electron chi connectivity index (χ0n) is 12.8. The van der Waals surface area contributed by atoms with Crippen molar-refractivity contribution >= 4 is 34.4 Å². The highest BCUT2D eigenvalue weighted by Gasteiger charge is 2.26. The number of aromatic carboxylic acids is 1. The summed E-state index contributed by atoms with van der Waals surface area (Å²) in [6, 6.07) is 10.6. The number of nitrogens with one attached hydrogen (secondary N) is 1. The van der Waals surface area contributed by atoms with Crippen molar-refractivity contribution in [3.63, 3.8) is 0 Å². The van der Waals surface area contributed by atoms with Gasteiger partial charge in [-0.1, -0.05) is 23.7 Å². The molecule has 1 aliphatic rings. The number of amides is 1. The van der Waals surface area contributed by atoms with Crippen LogP contribution in [0, 0.1) is 0 Å². The van der Waals surface area contributed by atoms with E-state index in [1.165, 1.54) is 0 Å². The number of carboxylic acids is 1. The van der Waals surface area contributed by atoms with Crippen LogP contribution in [0.5, 0.6) is 0 Å². The molecule has 0 saturated carbocycles. The van der Waals surface area contributed by atoms with Crippen LogP contribution in [-0.2, 0) is 13.6 Å². The van der Waals surface area contributed by atoms with Gasteiger partial charge < -0.3 is 15.0 Å². The quantitative estimate of drug-likeness (QED) is 0.750. The van der Waals surface area contributed by atoms with Crippen LogP contribution in [0.2, 0.25) is 5.02 Å². The lowest BCUT2D eigenvalue weighted by Crippen LogP contribution is -2.13. The Labute approximate surface area is 142 Å². The van der Waals surface area contributed by atoms with E-state index in [0.29, 0.717) is 17.1 Å². The molecule has 0 atom stereocenters. The molecule has 2 aromatic carbocycles. The summed E-state index contributed by atoms with van der Waals surface area (Å²) in [7, 11) is 1.86. The van der Waals surface area contributed by atoms with E-state index in [1.807, 2.05) is 23.7 Å². The molecule has 0 bridgehead atoms. The van der Waals surface area contributed by atoms with Gasteiger partial charge in [0.15, 0.2) is 0 Å². The standard InChI is InChI=1S/C18H13ClN2O3/c1-21-14-7-10(18(23)24)3-2-9(14)6-15(21)11-4-5-13(19)12-8-20-17(22)16(11)12/h2-7H,8H2,1H3,(H,20,22)(H,23,24). The van der Waals surface area contributed by atoms with Gasteiger partial charge >= 0.3 is 5.97 Å². The van der Waals surface area contributed by atoms with Crippen LogP contribution < -0.4 is 5.32 Å². The Morgan fingerprint density at radius 3 is 2.79 bits per heavy atom. The van der Waals surface area contributed by atoms with Gasteiger partial charge in [0, 0.05) is 46.3 Å². The van der Waals surface area contributed by atoms with Crippen molar-refractivity contribution in [2.75, 3.05) is 0 Å². The molecule has 2 N–H and O–H groups in total. The van der Waals surface area contributed by atoms with Crippen LogP contribution in [0.1, 0.15) is 26.3 Å². The fraction of sp³-hybridized carbons (Fsp3) is 0.111. The van der Waals surface area contributed by atoms with Gasteiger partial charge in [0.2, 0.25) is 0 Å². The van der Waals surface area contributed by atoms with Crippen molar-refractivity contribution in [1.29, 1.82) is 0 Å². The van der Waals surface area contributed by atoms with Crippen LogP contribution in [-0.4, -0.2) is 21.6 Å². The molecule has 0 aliphatic carbocycles. The van der Waals surface area contributed by atoms with Crippen molar-refractivity contribution in [2.45, 2.75) is 6.54 Å². The number of carbonyl (C=O) groups excluding carboxylic acids is 1. The molecule has 4 rings (SSSR count). The SMILES string of the molecule is Cn1c(-c2ccc(Cl)c3c2C(=O)NC3)cc2ccc(C(=O)O)cc21. The Kier molecular flexibility index (Phi) is 3.15. The van der Waals surface area contributed by atoms with E-state index in [1.54, 1.807) is 24.3 Å². The summed E-state index contributed by atoms with van der Waals surface area (Å²) in [5.41, 5.74) is 4.06. The highest BCUT2D eigenvalue weighted by Crippen LogP contribution is 2.36. The highest BCUT2D eigenvalue weighted by atomic mass is 35.5. The average molecular weight is 341 g/mol. The number of fused-ring (bicyclic) bond motifs is 2. The Morgan fingerprint density at radius 2 is 2.04 bits per heavy atom. The Hall–Kier alpha value is -2.79. The van der Waals surface area contributed by atoms with Crippen molar-refractivity contribution in [3.05, 3.63) is 58.1 Å². The van der Waals surface area contributed by atoms with Crippen molar-refractivity contribution < 1.29 is 14.7 Å². The Bertz CT molecular complexity index is 1040. The maximum Gasteiger partial charge on any atom is 0.335 e. The van der Waals surface area contributed by atoms with Crippen molar-refractivity contribution in [2.24, 2.45) is 7.05 Å². The minimum atomic E-state index is -0.966. The molecule has 0 fully saturated rings. The number of rotatable bonds is 2. The van der Waals surface area contributed by atoms with E-state index in [2.05, 4.69) is 5.32 Å². The number of hydrogen-bond donors (Lipinski definition) is 2. The van der Waals surface area contributed by atoms with Gasteiger partial charge in [-0.3, -0.25) is 4.79 Å². The Morgan fingerprint density at radius 1 is 1.25 bits per heavy atom. The highest BCUT2D eigenvalue weighted by molar-refractivity contribution is 6.32. The van der Waals surface area contributed by atoms with E-state index in [4.69, 9.17) is 11.6 Å². The van der Waals surface area contributed by atoms with E-state index < -0.39 is 5.97 Å². The van der Waals surface area contributed by atoms with E-state index in [-0.39, 0.29) is 11.5 Å². The number of nitrogens with zero attached hydrogens (tertiary/aromatic N) is 1. The maximum absolute atomic E-state index is 12.2. The molecule has 0 radical (unpaired) electrons. The second kappa shape index (κ2) is 5.11. The molecule has 1 aromatic heterocycles. The minimum Gasteiger partial charge on any atom is -0.478 e. The molecular formula is C18H13ClN2O3. The number of carboxylic acid groups (broad SMARTS) is 1. The molecular weight excluding hydrogens is 328 g/mol. The smallest absolute Gasteiger partial charge is 0.335 e. The van der Waals surface area contributed by atoms with E-state index >= 15 is 0 Å². The normalized spacial score (nSPS) is 13.2. The third kappa shape index (κ3) is 2.02. The largest absolute Gasteiger partial charge is 0.478 e. The van der Waals surface area contributed by atoms with Crippen LogP contribution in [0.25, 0.3) is 22.2 Å². The molecule has 24 heavy (non-hydrogen) atoms. The molecule has 1 aliphatic heterocycles. The second-order valence-electron chi connectivity index (χ2n) is 5.80. The summed E-state index contributed by atoms with van der Waals surface area (Å²) < 4.78 is 1.90. The van der Waals surface area contributed by atoms with Gasteiger partial charge in [-0.25, -0.2) is 4.79 Å². The topological polar surface area (TPSA) is 71.3 Å². The van der Waals surface area contributed by atoms with Crippen molar-refractivity contribution in [1.82, 2.24) is 9.88 Å². The summed E-state index contributed by atoms with van der Waals surface area (Å²) >= 11 is 6.20. The molecule has 2 heterocycles. The summed E-state index contributed by atoms with van der Waals surface area (Å²) in [5, 5.41) is 13.5. The number of benzene rings is 2. The number of halogens is 1. The molecule has 0 spiro atoms. The van der Waals surface area contributed by atoms with Gasteiger partial charge in [-0.2, -0.15) is 0 Å². The third-order valence-electron chi connectivity index (χ3n) is 4.48. The number of hydrogen-bond acceptors (Lipinski definition) is 2. The molecule has 1 amide bonds. The predicted molar refractivity (Wildman–Crippen MR) is 91.5 cm³/mol. The lowest BCUT2D eigenvalue weighted by molar-refractivity contribution is 0.0696. The summed E-state index contributed by atoms with van der Waals surface area (Å²) in [6.07, 6.45) is 0. The molecule has 0 saturated heterocycles. The minimum absolute atomic E-state index is 0.140. The zero-order valence-corrected chi connectivity index (χ0v) is 13.5. The summed E-state index contributed by atoms with van der Waals surface area (Å²) in [4.78, 5) is 23.4. The molecule has 6 heteroatoms. The van der Waals surface area contributed by atoms with E-state index in [0.717, 1.165) is 27.7 Å². The van der Waals surface area contributed by atoms with Crippen LogP contribution in [0.3, 0.4) is 0 Å². The summed E-state index contributed by atoms with van der Waals surface area (Å²) in [5.74, 6) is -1.11. The third-order valence-corrected chi connectivity index (χ3v) is 4.83. The van der Waals surface area contributed by atoms with Crippen LogP contribution in [0.15, 0.2) is 36.4 Å². The fourth-order valence-electron chi connectivity index (χ4n) is 3.25. The first-order valence-electron chi connectivity index (χ1n) is 7.40. The number of carbonyl (C=O) groups is 2. The number of aromatic nitrogens is 1. The lowest BCUT2D eigenvalue weighted by atomic mass is 10.0. The van der Waals surface area contributed by atoms with Gasteiger partial charge in [-0.15, -0.1) is 0 Å². The molecule has 0 unspecified atom stereocenters. The molecule has 5 nitrogen and oxygen atoms in total. The Balaban J connectivity index is 1.99. The van der Waals surface area contributed by atoms with Gasteiger partial charge in [-0.05, 0) is 24.3 Å². The molecule has 3 aromatic rings. The lowest BCUT2D eigenvalue weighted by Gasteiger charge is -2.10. The fourth-order valence-corrected chi connectivity index (χ4v) is 3.47. The van der Waals surface area contributed by atoms with Gasteiger partial charge in [0.05, 0.1) is 11.1 Å². The van der Waals surface area contributed by atoms with Crippen molar-refractivity contribution in [3.8, 4) is 11.3 Å². The van der Waals surface area contributed by atoms with Crippen LogP contribution in [0.4, 0.5) is 0 Å². The number of aryl methyl sites for hydroxylation is 1. The second-order valence-corrected chi connectivity index (χ2v) is 6.21. The van der Waals surface area contributed by atoms with Gasteiger partial charge in [0.1, 0.15) is 0 Å². The first kappa shape index (κ1) is 14.8. The summed E-state index contributed by atoms with van der Waals surface area (Å²) in [6.45, 7) is 0.425. The first-order chi connectivity index (χ1) is 11.5. The zero-order chi connectivity index (χ0) is 17.0. The first-order valence-corrected chi connectivity index (χ1v) is 7.78.